The lowest BCUT2D eigenvalue weighted by molar-refractivity contribution is -0.297. The number of hydrogen-bond acceptors (Lipinski definition) is 4. The molecule has 0 aromatic carbocycles. The van der Waals surface area contributed by atoms with E-state index in [1.165, 1.54) is 6.92 Å². The molecule has 0 heterocycles. The summed E-state index contributed by atoms with van der Waals surface area (Å²) in [6, 6.07) is 0. The Morgan fingerprint density at radius 2 is 1.92 bits per heavy atom. The molecule has 140 valence electrons. The van der Waals surface area contributed by atoms with Crippen molar-refractivity contribution in [2.75, 3.05) is 0 Å². The van der Waals surface area contributed by atoms with E-state index >= 15 is 0 Å². The molecule has 4 nitrogen and oxygen atoms in total. The monoisotopic (exact) mass is 352 g/mol. The van der Waals surface area contributed by atoms with Crippen molar-refractivity contribution in [3.05, 3.63) is 12.2 Å². The third-order valence-corrected chi connectivity index (χ3v) is 4.87. The van der Waals surface area contributed by atoms with Crippen molar-refractivity contribution in [2.24, 2.45) is 5.92 Å². The average molecular weight is 352 g/mol. The van der Waals surface area contributed by atoms with E-state index in [2.05, 4.69) is 6.58 Å². The van der Waals surface area contributed by atoms with Crippen LogP contribution < -0.4 is 0 Å². The first-order chi connectivity index (χ1) is 10.7. The fourth-order valence-electron chi connectivity index (χ4n) is 2.89. The summed E-state index contributed by atoms with van der Waals surface area (Å²) in [7, 11) is 0. The van der Waals surface area contributed by atoms with Crippen molar-refractivity contribution in [1.29, 1.82) is 0 Å². The third kappa shape index (κ3) is 4.72. The van der Waals surface area contributed by atoms with Crippen LogP contribution in [0, 0.1) is 5.92 Å². The van der Waals surface area contributed by atoms with Crippen LogP contribution >= 0.6 is 0 Å². The van der Waals surface area contributed by atoms with Crippen molar-refractivity contribution in [3.63, 3.8) is 0 Å². The van der Waals surface area contributed by atoms with Crippen LogP contribution in [0.15, 0.2) is 12.2 Å². The van der Waals surface area contributed by atoms with Crippen LogP contribution in [0.3, 0.4) is 0 Å². The molecule has 0 radical (unpaired) electrons. The predicted molar refractivity (Wildman–Crippen MR) is 83.3 cm³/mol. The molecule has 0 saturated heterocycles. The highest BCUT2D eigenvalue weighted by Gasteiger charge is 2.56. The Morgan fingerprint density at radius 1 is 1.38 bits per heavy atom. The van der Waals surface area contributed by atoms with E-state index in [1.54, 1.807) is 20.8 Å². The third-order valence-electron chi connectivity index (χ3n) is 4.87. The largest absolute Gasteiger partial charge is 0.459 e. The molecule has 0 aromatic heterocycles. The minimum Gasteiger partial charge on any atom is -0.459 e. The zero-order valence-corrected chi connectivity index (χ0v) is 14.9. The Labute approximate surface area is 141 Å². The first-order valence-corrected chi connectivity index (χ1v) is 8.03. The summed E-state index contributed by atoms with van der Waals surface area (Å²) in [5, 5.41) is 9.72. The van der Waals surface area contributed by atoms with E-state index in [0.29, 0.717) is 31.8 Å². The van der Waals surface area contributed by atoms with Gasteiger partial charge in [0.2, 0.25) is 0 Å². The summed E-state index contributed by atoms with van der Waals surface area (Å²) in [5.41, 5.74) is -3.43. The molecule has 1 aliphatic carbocycles. The second kappa shape index (κ2) is 7.04. The number of halogens is 3. The molecule has 7 heteroatoms. The minimum atomic E-state index is -4.77. The molecule has 5 atom stereocenters. The smallest absolute Gasteiger partial charge is 0.419 e. The van der Waals surface area contributed by atoms with E-state index in [4.69, 9.17) is 9.47 Å². The summed E-state index contributed by atoms with van der Waals surface area (Å²) < 4.78 is 49.6. The van der Waals surface area contributed by atoms with Gasteiger partial charge in [-0.25, -0.2) is 4.79 Å². The predicted octanol–water partition coefficient (Wildman–Crippen LogP) is 3.77. The van der Waals surface area contributed by atoms with Gasteiger partial charge >= 0.3 is 12.1 Å². The van der Waals surface area contributed by atoms with Gasteiger partial charge in [0.05, 0.1) is 11.7 Å². The van der Waals surface area contributed by atoms with Gasteiger partial charge in [-0.1, -0.05) is 6.58 Å². The molecule has 1 fully saturated rings. The summed E-state index contributed by atoms with van der Waals surface area (Å²) in [4.78, 5) is 11.6. The maximum absolute atomic E-state index is 12.9. The number of esters is 1. The second-order valence-electron chi connectivity index (χ2n) is 7.25. The van der Waals surface area contributed by atoms with Crippen LogP contribution in [0.5, 0.6) is 0 Å². The highest BCUT2D eigenvalue weighted by Crippen LogP contribution is 2.43. The Balaban J connectivity index is 2.69. The summed E-state index contributed by atoms with van der Waals surface area (Å²) in [6.45, 7) is 10.5. The number of hydrogen-bond donors (Lipinski definition) is 1. The topological polar surface area (TPSA) is 55.8 Å². The molecule has 0 aromatic rings. The Morgan fingerprint density at radius 3 is 2.38 bits per heavy atom. The molecule has 1 N–H and O–H groups in total. The van der Waals surface area contributed by atoms with E-state index in [0.717, 1.165) is 0 Å². The molecule has 24 heavy (non-hydrogen) atoms. The van der Waals surface area contributed by atoms with Crippen molar-refractivity contribution in [3.8, 4) is 0 Å². The lowest BCUT2D eigenvalue weighted by Gasteiger charge is -2.38. The molecule has 0 spiro atoms. The highest BCUT2D eigenvalue weighted by molar-refractivity contribution is 5.87. The zero-order chi connectivity index (χ0) is 18.9. The maximum atomic E-state index is 12.9. The van der Waals surface area contributed by atoms with E-state index in [-0.39, 0.29) is 12.0 Å². The van der Waals surface area contributed by atoms with Gasteiger partial charge in [-0.05, 0) is 59.8 Å². The number of rotatable bonds is 6. The van der Waals surface area contributed by atoms with Crippen LogP contribution in [-0.2, 0) is 14.3 Å². The molecule has 0 amide bonds. The molecular weight excluding hydrogens is 325 g/mol. The zero-order valence-electron chi connectivity index (χ0n) is 14.9. The van der Waals surface area contributed by atoms with Gasteiger partial charge in [0.25, 0.3) is 0 Å². The first-order valence-electron chi connectivity index (χ1n) is 8.03. The Hall–Kier alpha value is -1.08. The summed E-state index contributed by atoms with van der Waals surface area (Å²) >= 11 is 0. The molecule has 5 unspecified atom stereocenters. The fraction of sp³-hybridized carbons (Fsp3) is 0.824. The number of carbonyl (C=O) groups is 1. The van der Waals surface area contributed by atoms with Crippen molar-refractivity contribution < 1.29 is 32.5 Å². The first kappa shape index (κ1) is 21.0. The van der Waals surface area contributed by atoms with Crippen LogP contribution in [0.1, 0.15) is 53.9 Å². The van der Waals surface area contributed by atoms with Gasteiger partial charge in [0.1, 0.15) is 6.10 Å². The fourth-order valence-corrected chi connectivity index (χ4v) is 2.89. The summed E-state index contributed by atoms with van der Waals surface area (Å²) in [5.74, 6) is -0.494. The standard InChI is InChI=1S/C17H27F3O4/c1-10(2)14(21)23-11(3)13-7-8-15(5,9-13)24-12(4)16(6,22)17(18,19)20/h11-13,22H,1,7-9H2,2-6H3. The van der Waals surface area contributed by atoms with Gasteiger partial charge < -0.3 is 14.6 Å². The Bertz CT molecular complexity index is 487. The van der Waals surface area contributed by atoms with Crippen molar-refractivity contribution in [2.45, 2.75) is 83.5 Å². The Kier molecular flexibility index (Phi) is 6.15. The summed E-state index contributed by atoms with van der Waals surface area (Å²) in [6.07, 6.45) is -4.90. The molecular formula is C17H27F3O4. The number of alkyl halides is 3. The number of ether oxygens (including phenoxy) is 2. The van der Waals surface area contributed by atoms with Crippen LogP contribution in [-0.4, -0.2) is 40.7 Å². The number of carbonyl (C=O) groups excluding carboxylic acids is 1. The molecule has 1 rings (SSSR count). The maximum Gasteiger partial charge on any atom is 0.419 e. The lowest BCUT2D eigenvalue weighted by atomic mass is 9.95. The van der Waals surface area contributed by atoms with Gasteiger partial charge in [0, 0.05) is 5.57 Å². The van der Waals surface area contributed by atoms with Gasteiger partial charge in [0.15, 0.2) is 5.60 Å². The van der Waals surface area contributed by atoms with E-state index < -0.39 is 29.5 Å². The van der Waals surface area contributed by atoms with Gasteiger partial charge in [-0.15, -0.1) is 0 Å². The highest BCUT2D eigenvalue weighted by atomic mass is 19.4. The SMILES string of the molecule is C=C(C)C(=O)OC(C)C1CCC(C)(OC(C)C(C)(O)C(F)(F)F)C1. The van der Waals surface area contributed by atoms with Crippen LogP contribution in [0.4, 0.5) is 13.2 Å². The molecule has 1 aliphatic rings. The van der Waals surface area contributed by atoms with Crippen molar-refractivity contribution >= 4 is 5.97 Å². The van der Waals surface area contributed by atoms with Crippen LogP contribution in [0.2, 0.25) is 0 Å². The minimum absolute atomic E-state index is 0.0127. The quantitative estimate of drug-likeness (QED) is 0.584. The van der Waals surface area contributed by atoms with Gasteiger partial charge in [-0.3, -0.25) is 0 Å². The second-order valence-corrected chi connectivity index (χ2v) is 7.25. The van der Waals surface area contributed by atoms with Crippen LogP contribution in [0.25, 0.3) is 0 Å². The lowest BCUT2D eigenvalue weighted by Crippen LogP contribution is -2.54. The molecule has 0 bridgehead atoms. The number of aliphatic hydroxyl groups is 1. The normalized spacial score (nSPS) is 29.6. The molecule has 1 saturated carbocycles. The molecule has 0 aliphatic heterocycles. The average Bonchev–Trinajstić information content (AvgIpc) is 2.79. The van der Waals surface area contributed by atoms with E-state index in [9.17, 15) is 23.1 Å². The van der Waals surface area contributed by atoms with Crippen molar-refractivity contribution in [1.82, 2.24) is 0 Å². The van der Waals surface area contributed by atoms with E-state index in [1.807, 2.05) is 0 Å². The van der Waals surface area contributed by atoms with Gasteiger partial charge in [-0.2, -0.15) is 13.2 Å².